The third-order valence-electron chi connectivity index (χ3n) is 3.48. The Morgan fingerprint density at radius 2 is 1.93 bits per heavy atom. The van der Waals surface area contributed by atoms with Crippen LogP contribution in [0.15, 0.2) is 30.8 Å². The summed E-state index contributed by atoms with van der Waals surface area (Å²) >= 11 is 0. The van der Waals surface area contributed by atoms with Gasteiger partial charge in [-0.05, 0) is 24.7 Å². The first-order valence-corrected chi connectivity index (χ1v) is 5.50. The van der Waals surface area contributed by atoms with E-state index in [1.54, 1.807) is 0 Å². The topological polar surface area (TPSA) is 21.3 Å². The fourth-order valence-electron chi connectivity index (χ4n) is 2.56. The first-order chi connectivity index (χ1) is 7.32. The second-order valence-electron chi connectivity index (χ2n) is 4.32. The molecule has 1 fully saturated rings. The summed E-state index contributed by atoms with van der Waals surface area (Å²) < 4.78 is 6.11. The largest absolute Gasteiger partial charge is 0.482 e. The second kappa shape index (κ2) is 3.11. The summed E-state index contributed by atoms with van der Waals surface area (Å²) in [6.45, 7) is 6.26. The first-order valence-electron chi connectivity index (χ1n) is 5.50. The van der Waals surface area contributed by atoms with Crippen LogP contribution in [0.1, 0.15) is 18.4 Å². The van der Waals surface area contributed by atoms with Crippen molar-refractivity contribution in [2.45, 2.75) is 18.4 Å². The number of fused-ring (bicyclic) bond motifs is 1. The van der Waals surface area contributed by atoms with Gasteiger partial charge >= 0.3 is 0 Å². The van der Waals surface area contributed by atoms with Gasteiger partial charge in [0.15, 0.2) is 0 Å². The van der Waals surface area contributed by atoms with E-state index in [0.717, 1.165) is 31.7 Å². The molecule has 0 atom stereocenters. The van der Waals surface area contributed by atoms with Crippen molar-refractivity contribution in [3.05, 3.63) is 36.4 Å². The van der Waals surface area contributed by atoms with Crippen molar-refractivity contribution in [3.63, 3.8) is 0 Å². The molecule has 0 aromatic heterocycles. The number of hydrogen-bond donors (Lipinski definition) is 1. The average molecular weight is 201 g/mol. The maximum atomic E-state index is 6.11. The lowest BCUT2D eigenvalue weighted by Gasteiger charge is -2.34. The fraction of sp³-hybridized carbons (Fsp3) is 0.385. The Bertz CT molecular complexity index is 405. The van der Waals surface area contributed by atoms with Crippen molar-refractivity contribution >= 4 is 5.57 Å². The molecular formula is C13H15NO. The predicted molar refractivity (Wildman–Crippen MR) is 60.9 cm³/mol. The minimum Gasteiger partial charge on any atom is -0.482 e. The SMILES string of the molecule is C=C1c2ccccc2OC12CCNCC2. The van der Waals surface area contributed by atoms with Gasteiger partial charge in [-0.2, -0.15) is 0 Å². The highest BCUT2D eigenvalue weighted by molar-refractivity contribution is 5.78. The number of nitrogens with one attached hydrogen (secondary N) is 1. The van der Waals surface area contributed by atoms with Gasteiger partial charge in [0, 0.05) is 18.4 Å². The molecule has 2 aliphatic rings. The lowest BCUT2D eigenvalue weighted by atomic mass is 9.84. The Labute approximate surface area is 89.9 Å². The third-order valence-corrected chi connectivity index (χ3v) is 3.48. The van der Waals surface area contributed by atoms with Crippen LogP contribution in [0.5, 0.6) is 5.75 Å². The number of benzene rings is 1. The number of para-hydroxylation sites is 1. The van der Waals surface area contributed by atoms with Crippen LogP contribution in [0.3, 0.4) is 0 Å². The van der Waals surface area contributed by atoms with Crippen LogP contribution >= 0.6 is 0 Å². The summed E-state index contributed by atoms with van der Waals surface area (Å²) in [5, 5.41) is 3.36. The molecule has 1 saturated heterocycles. The summed E-state index contributed by atoms with van der Waals surface area (Å²) in [5.74, 6) is 1.00. The van der Waals surface area contributed by atoms with Gasteiger partial charge in [0.2, 0.25) is 0 Å². The van der Waals surface area contributed by atoms with Crippen LogP contribution in [0.25, 0.3) is 5.57 Å². The molecule has 0 radical (unpaired) electrons. The fourth-order valence-corrected chi connectivity index (χ4v) is 2.56. The quantitative estimate of drug-likeness (QED) is 0.695. The monoisotopic (exact) mass is 201 g/mol. The maximum absolute atomic E-state index is 6.11. The highest BCUT2D eigenvalue weighted by atomic mass is 16.5. The number of ether oxygens (including phenoxy) is 1. The zero-order chi connectivity index (χ0) is 10.3. The summed E-state index contributed by atoms with van der Waals surface area (Å²) in [4.78, 5) is 0. The first kappa shape index (κ1) is 8.98. The normalized spacial score (nSPS) is 22.5. The second-order valence-corrected chi connectivity index (χ2v) is 4.32. The Morgan fingerprint density at radius 3 is 2.67 bits per heavy atom. The van der Waals surface area contributed by atoms with E-state index in [0.29, 0.717) is 0 Å². The number of hydrogen-bond acceptors (Lipinski definition) is 2. The van der Waals surface area contributed by atoms with E-state index < -0.39 is 0 Å². The molecule has 15 heavy (non-hydrogen) atoms. The van der Waals surface area contributed by atoms with E-state index in [2.05, 4.69) is 18.0 Å². The molecule has 2 aliphatic heterocycles. The molecule has 78 valence electrons. The van der Waals surface area contributed by atoms with Gasteiger partial charge in [0.25, 0.3) is 0 Å². The lowest BCUT2D eigenvalue weighted by Crippen LogP contribution is -2.44. The smallest absolute Gasteiger partial charge is 0.137 e. The highest BCUT2D eigenvalue weighted by Crippen LogP contribution is 2.47. The van der Waals surface area contributed by atoms with Crippen molar-refractivity contribution in [1.82, 2.24) is 5.32 Å². The Balaban J connectivity index is 2.01. The molecular weight excluding hydrogens is 186 g/mol. The molecule has 1 spiro atoms. The Hall–Kier alpha value is -1.28. The molecule has 3 rings (SSSR count). The molecule has 0 bridgehead atoms. The van der Waals surface area contributed by atoms with E-state index in [4.69, 9.17) is 4.74 Å². The minimum atomic E-state index is -0.116. The van der Waals surface area contributed by atoms with Crippen LogP contribution in [0.2, 0.25) is 0 Å². The molecule has 1 aromatic rings. The highest BCUT2D eigenvalue weighted by Gasteiger charge is 2.43. The molecule has 1 aromatic carbocycles. The van der Waals surface area contributed by atoms with E-state index in [1.165, 1.54) is 11.1 Å². The van der Waals surface area contributed by atoms with Gasteiger partial charge < -0.3 is 10.1 Å². The van der Waals surface area contributed by atoms with E-state index in [1.807, 2.05) is 18.2 Å². The zero-order valence-corrected chi connectivity index (χ0v) is 8.75. The van der Waals surface area contributed by atoms with E-state index in [9.17, 15) is 0 Å². The van der Waals surface area contributed by atoms with Crippen molar-refractivity contribution in [1.29, 1.82) is 0 Å². The molecule has 0 amide bonds. The van der Waals surface area contributed by atoms with Crippen LogP contribution in [-0.2, 0) is 0 Å². The molecule has 0 aliphatic carbocycles. The van der Waals surface area contributed by atoms with Gasteiger partial charge in [-0.3, -0.25) is 0 Å². The standard InChI is InChI=1S/C13H15NO/c1-10-11-4-2-3-5-12(11)15-13(10)6-8-14-9-7-13/h2-5,14H,1,6-9H2. The van der Waals surface area contributed by atoms with Crippen molar-refractivity contribution in [3.8, 4) is 5.75 Å². The van der Waals surface area contributed by atoms with E-state index in [-0.39, 0.29) is 5.60 Å². The van der Waals surface area contributed by atoms with Gasteiger partial charge in [-0.15, -0.1) is 0 Å². The van der Waals surface area contributed by atoms with Crippen LogP contribution in [0.4, 0.5) is 0 Å². The van der Waals surface area contributed by atoms with Gasteiger partial charge in [0.1, 0.15) is 11.4 Å². The van der Waals surface area contributed by atoms with Crippen molar-refractivity contribution in [2.24, 2.45) is 0 Å². The van der Waals surface area contributed by atoms with Gasteiger partial charge in [-0.25, -0.2) is 0 Å². The molecule has 2 heterocycles. The van der Waals surface area contributed by atoms with Crippen molar-refractivity contribution < 1.29 is 4.74 Å². The Morgan fingerprint density at radius 1 is 1.20 bits per heavy atom. The van der Waals surface area contributed by atoms with Crippen LogP contribution in [0, 0.1) is 0 Å². The lowest BCUT2D eigenvalue weighted by molar-refractivity contribution is 0.109. The predicted octanol–water partition coefficient (Wildman–Crippen LogP) is 2.21. The van der Waals surface area contributed by atoms with Crippen LogP contribution in [-0.4, -0.2) is 18.7 Å². The zero-order valence-electron chi connectivity index (χ0n) is 8.75. The molecule has 0 unspecified atom stereocenters. The van der Waals surface area contributed by atoms with Gasteiger partial charge in [-0.1, -0.05) is 24.8 Å². The van der Waals surface area contributed by atoms with Crippen LogP contribution < -0.4 is 10.1 Å². The summed E-state index contributed by atoms with van der Waals surface area (Å²) in [7, 11) is 0. The molecule has 0 saturated carbocycles. The molecule has 2 nitrogen and oxygen atoms in total. The number of piperidine rings is 1. The third kappa shape index (κ3) is 1.21. The molecule has 1 N–H and O–H groups in total. The van der Waals surface area contributed by atoms with Gasteiger partial charge in [0.05, 0.1) is 0 Å². The van der Waals surface area contributed by atoms with E-state index >= 15 is 0 Å². The summed E-state index contributed by atoms with van der Waals surface area (Å²) in [6.07, 6.45) is 2.06. The summed E-state index contributed by atoms with van der Waals surface area (Å²) in [5.41, 5.74) is 2.24. The van der Waals surface area contributed by atoms with Crippen molar-refractivity contribution in [2.75, 3.05) is 13.1 Å². The average Bonchev–Trinajstić information content (AvgIpc) is 2.54. The summed E-state index contributed by atoms with van der Waals surface area (Å²) in [6, 6.07) is 8.21. The minimum absolute atomic E-state index is 0.116. The Kier molecular flexibility index (Phi) is 1.86. The number of rotatable bonds is 0. The maximum Gasteiger partial charge on any atom is 0.137 e. The molecule has 2 heteroatoms.